The summed E-state index contributed by atoms with van der Waals surface area (Å²) >= 11 is 5.99. The van der Waals surface area contributed by atoms with Gasteiger partial charge in [0.15, 0.2) is 0 Å². The molecule has 2 atom stereocenters. The number of halogens is 1. The molecule has 10 nitrogen and oxygen atoms in total. The number of amides is 2. The minimum Gasteiger partial charge on any atom is -0.352 e. The number of aryl methyl sites for hydroxylation is 1. The molecule has 2 rings (SSSR count). The van der Waals surface area contributed by atoms with Gasteiger partial charge >= 0.3 is 0 Å². The van der Waals surface area contributed by atoms with Crippen molar-refractivity contribution in [3.05, 3.63) is 68.7 Å². The van der Waals surface area contributed by atoms with E-state index in [-0.39, 0.29) is 36.3 Å². The highest BCUT2D eigenvalue weighted by Gasteiger charge is 2.33. The number of anilines is 1. The Kier molecular flexibility index (Phi) is 10.4. The summed E-state index contributed by atoms with van der Waals surface area (Å²) in [5.74, 6) is -0.978. The van der Waals surface area contributed by atoms with Crippen LogP contribution in [0.3, 0.4) is 0 Å². The molecule has 0 aliphatic rings. The number of nitrogens with one attached hydrogen (secondary N) is 1. The molecule has 0 spiro atoms. The second kappa shape index (κ2) is 12.9. The lowest BCUT2D eigenvalue weighted by Gasteiger charge is -2.33. The van der Waals surface area contributed by atoms with Crippen LogP contribution in [-0.2, 0) is 26.2 Å². The quantitative estimate of drug-likeness (QED) is 0.312. The molecule has 2 aromatic rings. The van der Waals surface area contributed by atoms with Gasteiger partial charge in [0.25, 0.3) is 5.69 Å². The fourth-order valence-electron chi connectivity index (χ4n) is 3.72. The molecule has 0 bridgehead atoms. The van der Waals surface area contributed by atoms with Gasteiger partial charge in [-0.3, -0.25) is 24.0 Å². The molecule has 0 radical (unpaired) electrons. The minimum atomic E-state index is -4.02. The summed E-state index contributed by atoms with van der Waals surface area (Å²) in [6.07, 6.45) is 1.91. The molecule has 0 aliphatic carbocycles. The van der Waals surface area contributed by atoms with Crippen LogP contribution < -0.4 is 9.62 Å². The zero-order chi connectivity index (χ0) is 27.9. The van der Waals surface area contributed by atoms with E-state index in [1.807, 2.05) is 13.8 Å². The number of hydrogen-bond donors (Lipinski definition) is 1. The van der Waals surface area contributed by atoms with E-state index in [2.05, 4.69) is 5.32 Å². The van der Waals surface area contributed by atoms with E-state index in [0.29, 0.717) is 22.6 Å². The molecule has 2 aromatic carbocycles. The van der Waals surface area contributed by atoms with Crippen molar-refractivity contribution in [3.8, 4) is 0 Å². The van der Waals surface area contributed by atoms with Crippen molar-refractivity contribution in [1.82, 2.24) is 10.2 Å². The maximum absolute atomic E-state index is 13.7. The SMILES string of the molecule is CCC(C)NC(=O)C(CC)N(Cc1ccc(Cl)cc1)C(=O)CN(c1cc([N+](=O)[O-])ccc1C)S(C)(=O)=O. The first kappa shape index (κ1) is 30.0. The van der Waals surface area contributed by atoms with Crippen molar-refractivity contribution < 1.29 is 22.9 Å². The Morgan fingerprint density at radius 1 is 1.11 bits per heavy atom. The Balaban J connectivity index is 2.52. The lowest BCUT2D eigenvalue weighted by atomic mass is 10.1. The average molecular weight is 553 g/mol. The topological polar surface area (TPSA) is 130 Å². The summed E-state index contributed by atoms with van der Waals surface area (Å²) in [5, 5.41) is 14.7. The molecule has 0 fully saturated rings. The smallest absolute Gasteiger partial charge is 0.271 e. The van der Waals surface area contributed by atoms with Crippen LogP contribution in [0, 0.1) is 17.0 Å². The molecular formula is C25H33ClN4O6S. The number of nitro benzene ring substituents is 1. The van der Waals surface area contributed by atoms with Gasteiger partial charge in [-0.25, -0.2) is 8.42 Å². The van der Waals surface area contributed by atoms with E-state index in [0.717, 1.165) is 16.6 Å². The molecule has 2 amide bonds. The zero-order valence-electron chi connectivity index (χ0n) is 21.6. The summed E-state index contributed by atoms with van der Waals surface area (Å²) in [6.45, 7) is 6.54. The number of hydrogen-bond acceptors (Lipinski definition) is 6. The van der Waals surface area contributed by atoms with Crippen LogP contribution in [0.15, 0.2) is 42.5 Å². The molecule has 0 saturated carbocycles. The maximum Gasteiger partial charge on any atom is 0.271 e. The van der Waals surface area contributed by atoms with E-state index < -0.39 is 33.4 Å². The van der Waals surface area contributed by atoms with Crippen molar-refractivity contribution in [2.75, 3.05) is 17.1 Å². The fraction of sp³-hybridized carbons (Fsp3) is 0.440. The van der Waals surface area contributed by atoms with Crippen LogP contribution in [0.25, 0.3) is 0 Å². The van der Waals surface area contributed by atoms with Crippen LogP contribution in [0.1, 0.15) is 44.7 Å². The van der Waals surface area contributed by atoms with Crippen LogP contribution in [0.2, 0.25) is 5.02 Å². The Bertz CT molecular complexity index is 1240. The summed E-state index contributed by atoms with van der Waals surface area (Å²) in [7, 11) is -4.02. The van der Waals surface area contributed by atoms with Gasteiger partial charge in [-0.05, 0) is 49.9 Å². The molecule has 0 heterocycles. The predicted molar refractivity (Wildman–Crippen MR) is 144 cm³/mol. The second-order valence-electron chi connectivity index (χ2n) is 8.89. The standard InChI is InChI=1S/C25H33ClN4O6S/c1-6-18(4)27-25(32)22(7-2)28(15-19-9-11-20(26)12-10-19)24(31)16-29(37(5,35)36)23-14-21(30(33)34)13-8-17(23)3/h8-14,18,22H,6-7,15-16H2,1-5H3,(H,27,32). The van der Waals surface area contributed by atoms with E-state index in [1.54, 1.807) is 38.1 Å². The number of rotatable bonds is 12. The van der Waals surface area contributed by atoms with Crippen molar-refractivity contribution in [1.29, 1.82) is 0 Å². The lowest BCUT2D eigenvalue weighted by molar-refractivity contribution is -0.384. The van der Waals surface area contributed by atoms with Gasteiger partial charge in [-0.15, -0.1) is 0 Å². The molecule has 1 N–H and O–H groups in total. The molecule has 2 unspecified atom stereocenters. The predicted octanol–water partition coefficient (Wildman–Crippen LogP) is 4.04. The number of benzene rings is 2. The number of nitro groups is 1. The number of carbonyl (C=O) groups is 2. The first-order valence-corrected chi connectivity index (χ1v) is 14.1. The second-order valence-corrected chi connectivity index (χ2v) is 11.2. The third-order valence-corrected chi connectivity index (χ3v) is 7.38. The first-order chi connectivity index (χ1) is 17.3. The largest absolute Gasteiger partial charge is 0.352 e. The van der Waals surface area contributed by atoms with Crippen molar-refractivity contribution in [3.63, 3.8) is 0 Å². The van der Waals surface area contributed by atoms with E-state index in [9.17, 15) is 28.1 Å². The normalized spacial score (nSPS) is 12.9. The van der Waals surface area contributed by atoms with E-state index in [1.165, 1.54) is 17.0 Å². The molecule has 202 valence electrons. The van der Waals surface area contributed by atoms with Crippen LogP contribution in [-0.4, -0.2) is 54.9 Å². The van der Waals surface area contributed by atoms with Crippen LogP contribution >= 0.6 is 11.6 Å². The first-order valence-electron chi connectivity index (χ1n) is 11.8. The maximum atomic E-state index is 13.7. The Morgan fingerprint density at radius 2 is 1.73 bits per heavy atom. The van der Waals surface area contributed by atoms with Gasteiger partial charge in [0, 0.05) is 29.7 Å². The number of sulfonamides is 1. The number of carbonyl (C=O) groups excluding carboxylic acids is 2. The Morgan fingerprint density at radius 3 is 2.24 bits per heavy atom. The molecule has 0 saturated heterocycles. The van der Waals surface area contributed by atoms with E-state index in [4.69, 9.17) is 11.6 Å². The van der Waals surface area contributed by atoms with Gasteiger partial charge < -0.3 is 10.2 Å². The average Bonchev–Trinajstić information content (AvgIpc) is 2.83. The van der Waals surface area contributed by atoms with Gasteiger partial charge in [0.1, 0.15) is 12.6 Å². The van der Waals surface area contributed by atoms with Gasteiger partial charge in [-0.1, -0.05) is 43.6 Å². The van der Waals surface area contributed by atoms with Crippen molar-refractivity contribution in [2.45, 2.75) is 59.2 Å². The van der Waals surface area contributed by atoms with Crippen LogP contribution in [0.5, 0.6) is 0 Å². The highest BCUT2D eigenvalue weighted by atomic mass is 35.5. The highest BCUT2D eigenvalue weighted by molar-refractivity contribution is 7.92. The van der Waals surface area contributed by atoms with Gasteiger partial charge in [0.05, 0.1) is 16.9 Å². The van der Waals surface area contributed by atoms with Gasteiger partial charge in [0.2, 0.25) is 21.8 Å². The molecular weight excluding hydrogens is 520 g/mol. The highest BCUT2D eigenvalue weighted by Crippen LogP contribution is 2.28. The Hall–Kier alpha value is -3.18. The molecule has 0 aromatic heterocycles. The number of nitrogens with zero attached hydrogens (tertiary/aromatic N) is 3. The van der Waals surface area contributed by atoms with E-state index >= 15 is 0 Å². The molecule has 0 aliphatic heterocycles. The monoisotopic (exact) mass is 552 g/mol. The number of non-ortho nitro benzene ring substituents is 1. The summed E-state index contributed by atoms with van der Waals surface area (Å²) in [6, 6.07) is 9.60. The third-order valence-electron chi connectivity index (χ3n) is 6.00. The summed E-state index contributed by atoms with van der Waals surface area (Å²) < 4.78 is 26.4. The zero-order valence-corrected chi connectivity index (χ0v) is 23.2. The lowest BCUT2D eigenvalue weighted by Crippen LogP contribution is -2.53. The molecule has 37 heavy (non-hydrogen) atoms. The minimum absolute atomic E-state index is 0.0219. The van der Waals surface area contributed by atoms with Crippen molar-refractivity contribution in [2.24, 2.45) is 0 Å². The molecule has 12 heteroatoms. The van der Waals surface area contributed by atoms with Crippen LogP contribution in [0.4, 0.5) is 11.4 Å². The van der Waals surface area contributed by atoms with Gasteiger partial charge in [-0.2, -0.15) is 0 Å². The third kappa shape index (κ3) is 8.16. The summed E-state index contributed by atoms with van der Waals surface area (Å²) in [4.78, 5) is 38.9. The van der Waals surface area contributed by atoms with Crippen molar-refractivity contribution >= 4 is 44.8 Å². The fourth-order valence-corrected chi connectivity index (χ4v) is 4.75. The summed E-state index contributed by atoms with van der Waals surface area (Å²) in [5.41, 5.74) is 0.854. The Labute approximate surface area is 222 Å².